The van der Waals surface area contributed by atoms with Crippen LogP contribution in [0.1, 0.15) is 66.7 Å². The lowest BCUT2D eigenvalue weighted by atomic mass is 9.44. The molecule has 1 amide bonds. The van der Waals surface area contributed by atoms with Gasteiger partial charge in [0.25, 0.3) is 0 Å². The van der Waals surface area contributed by atoms with Crippen molar-refractivity contribution in [2.24, 2.45) is 34.5 Å². The van der Waals surface area contributed by atoms with Gasteiger partial charge in [-0.05, 0) is 53.8 Å². The highest BCUT2D eigenvalue weighted by Crippen LogP contribution is 2.63. The largest absolute Gasteiger partial charge is 0.508 e. The van der Waals surface area contributed by atoms with Crippen LogP contribution in [0.4, 0.5) is 5.69 Å². The van der Waals surface area contributed by atoms with E-state index < -0.39 is 0 Å². The lowest BCUT2D eigenvalue weighted by Crippen LogP contribution is -2.54. The molecular weight excluding hydrogens is 350 g/mol. The van der Waals surface area contributed by atoms with Gasteiger partial charge < -0.3 is 15.1 Å². The maximum atomic E-state index is 13.2. The Hall–Kier alpha value is -1.71. The number of nitrogens with zero attached hydrogens (tertiary/aromatic N) is 1. The van der Waals surface area contributed by atoms with Gasteiger partial charge in [-0.3, -0.25) is 4.79 Å². The van der Waals surface area contributed by atoms with Crippen molar-refractivity contribution in [3.8, 4) is 11.5 Å². The van der Waals surface area contributed by atoms with Gasteiger partial charge in [-0.2, -0.15) is 0 Å². The fourth-order valence-corrected chi connectivity index (χ4v) is 6.44. The summed E-state index contributed by atoms with van der Waals surface area (Å²) in [5.74, 6) is 2.10. The van der Waals surface area contributed by atoms with Crippen LogP contribution in [0, 0.1) is 34.5 Å². The SMILES string of the molecule is C[C@@H]1CC2C(C)(C)CCC[C@]2(C)C(CC(=O)N(C)c2cc(O)cc(O)c2)[C@H]1C. The maximum absolute atomic E-state index is 13.2. The van der Waals surface area contributed by atoms with Crippen molar-refractivity contribution in [3.63, 3.8) is 0 Å². The monoisotopic (exact) mass is 387 g/mol. The minimum atomic E-state index is -0.0321. The molecule has 3 rings (SSSR count). The van der Waals surface area contributed by atoms with E-state index in [-0.39, 0.29) is 22.8 Å². The van der Waals surface area contributed by atoms with Crippen molar-refractivity contribution in [1.29, 1.82) is 0 Å². The molecule has 0 spiro atoms. The molecule has 0 bridgehead atoms. The number of amides is 1. The number of carbonyl (C=O) groups excluding carboxylic acids is 1. The molecule has 1 aromatic carbocycles. The fourth-order valence-electron chi connectivity index (χ4n) is 6.44. The molecule has 2 saturated carbocycles. The molecule has 1 aromatic rings. The van der Waals surface area contributed by atoms with Gasteiger partial charge in [0.2, 0.25) is 5.91 Å². The molecule has 4 heteroatoms. The van der Waals surface area contributed by atoms with E-state index in [2.05, 4.69) is 34.6 Å². The van der Waals surface area contributed by atoms with Crippen LogP contribution in [0.3, 0.4) is 0 Å². The van der Waals surface area contributed by atoms with Crippen molar-refractivity contribution >= 4 is 11.6 Å². The summed E-state index contributed by atoms with van der Waals surface area (Å²) in [4.78, 5) is 14.8. The highest BCUT2D eigenvalue weighted by molar-refractivity contribution is 5.93. The molecule has 2 fully saturated rings. The number of rotatable bonds is 3. The minimum absolute atomic E-state index is 0.0321. The van der Waals surface area contributed by atoms with E-state index in [1.165, 1.54) is 43.9 Å². The Balaban J connectivity index is 1.87. The van der Waals surface area contributed by atoms with Crippen LogP contribution >= 0.6 is 0 Å². The van der Waals surface area contributed by atoms with Gasteiger partial charge in [-0.15, -0.1) is 0 Å². The molecule has 2 aliphatic rings. The normalized spacial score (nSPS) is 34.5. The molecule has 28 heavy (non-hydrogen) atoms. The molecule has 5 atom stereocenters. The zero-order valence-corrected chi connectivity index (χ0v) is 18.3. The van der Waals surface area contributed by atoms with E-state index >= 15 is 0 Å². The van der Waals surface area contributed by atoms with E-state index in [0.717, 1.165) is 0 Å². The number of benzene rings is 1. The third kappa shape index (κ3) is 3.62. The molecular formula is C24H37NO3. The molecule has 2 aliphatic carbocycles. The van der Waals surface area contributed by atoms with E-state index in [4.69, 9.17) is 0 Å². The Bertz CT molecular complexity index is 723. The number of phenolic OH excluding ortho intramolecular Hbond substituents is 2. The molecule has 2 N–H and O–H groups in total. The second-order valence-corrected chi connectivity index (χ2v) is 10.4. The van der Waals surface area contributed by atoms with Gasteiger partial charge in [0, 0.05) is 31.7 Å². The Morgan fingerprint density at radius 3 is 2.32 bits per heavy atom. The van der Waals surface area contributed by atoms with Crippen molar-refractivity contribution in [2.75, 3.05) is 11.9 Å². The molecule has 4 nitrogen and oxygen atoms in total. The first-order valence-electron chi connectivity index (χ1n) is 10.8. The molecule has 0 aromatic heterocycles. The highest BCUT2D eigenvalue weighted by atomic mass is 16.3. The summed E-state index contributed by atoms with van der Waals surface area (Å²) in [6.07, 6.45) is 5.49. The molecule has 0 aliphatic heterocycles. The summed E-state index contributed by atoms with van der Waals surface area (Å²) in [5.41, 5.74) is 1.04. The van der Waals surface area contributed by atoms with Crippen LogP contribution in [0.25, 0.3) is 0 Å². The van der Waals surface area contributed by atoms with Crippen molar-refractivity contribution in [1.82, 2.24) is 0 Å². The first-order chi connectivity index (χ1) is 13.0. The quantitative estimate of drug-likeness (QED) is 0.712. The summed E-state index contributed by atoms with van der Waals surface area (Å²) in [6.45, 7) is 11.9. The van der Waals surface area contributed by atoms with Crippen LogP contribution < -0.4 is 4.90 Å². The van der Waals surface area contributed by atoms with Crippen molar-refractivity contribution in [2.45, 2.75) is 66.7 Å². The van der Waals surface area contributed by atoms with Crippen molar-refractivity contribution in [3.05, 3.63) is 18.2 Å². The molecule has 2 unspecified atom stereocenters. The predicted molar refractivity (Wildman–Crippen MR) is 113 cm³/mol. The minimum Gasteiger partial charge on any atom is -0.508 e. The summed E-state index contributed by atoms with van der Waals surface area (Å²) in [7, 11) is 1.73. The predicted octanol–water partition coefficient (Wildman–Crippen LogP) is 5.58. The van der Waals surface area contributed by atoms with Crippen LogP contribution in [-0.2, 0) is 4.79 Å². The second kappa shape index (κ2) is 7.27. The fraction of sp³-hybridized carbons (Fsp3) is 0.708. The van der Waals surface area contributed by atoms with E-state index in [0.29, 0.717) is 41.2 Å². The zero-order chi connectivity index (χ0) is 20.9. The zero-order valence-electron chi connectivity index (χ0n) is 18.3. The van der Waals surface area contributed by atoms with Crippen LogP contribution in [-0.4, -0.2) is 23.2 Å². The standard InChI is InChI=1S/C24H37NO3/c1-15-10-21-23(3,4)8-7-9-24(21,5)20(16(15)2)14-22(28)25(6)17-11-18(26)13-19(27)12-17/h11-13,15-16,20-21,26-27H,7-10,14H2,1-6H3/t15-,16+,20?,21?,24-/m1/s1. The average Bonchev–Trinajstić information content (AvgIpc) is 2.59. The number of anilines is 1. The lowest BCUT2D eigenvalue weighted by molar-refractivity contribution is -0.135. The summed E-state index contributed by atoms with van der Waals surface area (Å²) < 4.78 is 0. The number of fused-ring (bicyclic) bond motifs is 1. The first kappa shape index (κ1) is 21.0. The summed E-state index contributed by atoms with van der Waals surface area (Å²) in [5, 5.41) is 19.6. The van der Waals surface area contributed by atoms with Crippen LogP contribution in [0.15, 0.2) is 18.2 Å². The van der Waals surface area contributed by atoms with Crippen LogP contribution in [0.5, 0.6) is 11.5 Å². The summed E-state index contributed by atoms with van der Waals surface area (Å²) in [6, 6.07) is 4.33. The highest BCUT2D eigenvalue weighted by Gasteiger charge is 2.55. The van der Waals surface area contributed by atoms with Crippen molar-refractivity contribution < 1.29 is 15.0 Å². The van der Waals surface area contributed by atoms with Gasteiger partial charge >= 0.3 is 0 Å². The number of aromatic hydroxyl groups is 2. The molecule has 0 radical (unpaired) electrons. The van der Waals surface area contributed by atoms with Crippen LogP contribution in [0.2, 0.25) is 0 Å². The average molecular weight is 388 g/mol. The van der Waals surface area contributed by atoms with Gasteiger partial charge in [0.1, 0.15) is 11.5 Å². The maximum Gasteiger partial charge on any atom is 0.227 e. The molecule has 0 saturated heterocycles. The number of phenols is 2. The lowest BCUT2D eigenvalue weighted by Gasteiger charge is -2.60. The third-order valence-electron chi connectivity index (χ3n) is 8.31. The topological polar surface area (TPSA) is 60.8 Å². The Morgan fingerprint density at radius 2 is 1.71 bits per heavy atom. The van der Waals surface area contributed by atoms with Gasteiger partial charge in [-0.1, -0.05) is 41.0 Å². The van der Waals surface area contributed by atoms with Gasteiger partial charge in [0.15, 0.2) is 0 Å². The number of hydrogen-bond donors (Lipinski definition) is 2. The Labute approximate surface area is 169 Å². The second-order valence-electron chi connectivity index (χ2n) is 10.4. The summed E-state index contributed by atoms with van der Waals surface area (Å²) >= 11 is 0. The Kier molecular flexibility index (Phi) is 5.46. The molecule has 156 valence electrons. The molecule has 0 heterocycles. The smallest absolute Gasteiger partial charge is 0.227 e. The van der Waals surface area contributed by atoms with E-state index in [1.807, 2.05) is 0 Å². The number of hydrogen-bond acceptors (Lipinski definition) is 3. The van der Waals surface area contributed by atoms with E-state index in [1.54, 1.807) is 11.9 Å². The first-order valence-corrected chi connectivity index (χ1v) is 10.8. The Morgan fingerprint density at radius 1 is 1.11 bits per heavy atom. The van der Waals surface area contributed by atoms with Gasteiger partial charge in [-0.25, -0.2) is 0 Å². The third-order valence-corrected chi connectivity index (χ3v) is 8.31. The number of carbonyl (C=O) groups is 1. The van der Waals surface area contributed by atoms with E-state index in [9.17, 15) is 15.0 Å². The van der Waals surface area contributed by atoms with Gasteiger partial charge in [0.05, 0.1) is 5.69 Å².